The van der Waals surface area contributed by atoms with Crippen molar-refractivity contribution in [3.63, 3.8) is 0 Å². The summed E-state index contributed by atoms with van der Waals surface area (Å²) in [6.07, 6.45) is 1.42. The molecule has 2 atom stereocenters. The number of carbonyl (C=O) groups is 3. The molecular formula is C30H38F3N5O3. The first-order chi connectivity index (χ1) is 19.5. The van der Waals surface area contributed by atoms with Crippen LogP contribution in [0.15, 0.2) is 30.5 Å². The fourth-order valence-corrected chi connectivity index (χ4v) is 6.38. The van der Waals surface area contributed by atoms with Crippen LogP contribution in [0.2, 0.25) is 0 Å². The van der Waals surface area contributed by atoms with Crippen molar-refractivity contribution in [1.82, 2.24) is 24.9 Å². The van der Waals surface area contributed by atoms with Gasteiger partial charge in [0.2, 0.25) is 11.8 Å². The molecule has 1 aromatic heterocycles. The van der Waals surface area contributed by atoms with E-state index in [-0.39, 0.29) is 41.2 Å². The van der Waals surface area contributed by atoms with E-state index >= 15 is 0 Å². The van der Waals surface area contributed by atoms with Gasteiger partial charge < -0.3 is 15.1 Å². The molecule has 8 nitrogen and oxygen atoms in total. The van der Waals surface area contributed by atoms with E-state index in [0.717, 1.165) is 24.6 Å². The summed E-state index contributed by atoms with van der Waals surface area (Å²) in [7, 11) is 0. The lowest BCUT2D eigenvalue weighted by Gasteiger charge is -2.36. The average molecular weight is 574 g/mol. The van der Waals surface area contributed by atoms with Crippen molar-refractivity contribution in [3.05, 3.63) is 52.8 Å². The number of hydrogen-bond donors (Lipinski definition) is 1. The number of hydrogen-bond acceptors (Lipinski definition) is 4. The van der Waals surface area contributed by atoms with Gasteiger partial charge in [-0.05, 0) is 56.1 Å². The molecule has 2 saturated heterocycles. The lowest BCUT2D eigenvalue weighted by atomic mass is 9.97. The molecule has 3 heterocycles. The van der Waals surface area contributed by atoms with Crippen LogP contribution in [0, 0.1) is 5.92 Å². The molecule has 3 fully saturated rings. The summed E-state index contributed by atoms with van der Waals surface area (Å²) in [5.74, 6) is -0.434. The highest BCUT2D eigenvalue weighted by atomic mass is 19.4. The monoisotopic (exact) mass is 573 g/mol. The van der Waals surface area contributed by atoms with E-state index in [2.05, 4.69) is 10.4 Å². The zero-order valence-electron chi connectivity index (χ0n) is 23.8. The van der Waals surface area contributed by atoms with Gasteiger partial charge >= 0.3 is 6.18 Å². The minimum atomic E-state index is -4.49. The third-order valence-corrected chi connectivity index (χ3v) is 8.58. The number of piperidine rings is 1. The molecule has 2 aliphatic heterocycles. The van der Waals surface area contributed by atoms with Crippen LogP contribution in [-0.2, 0) is 15.8 Å². The van der Waals surface area contributed by atoms with Crippen LogP contribution in [-0.4, -0.2) is 63.0 Å². The number of carbonyl (C=O) groups excluding carboxylic acids is 3. The van der Waals surface area contributed by atoms with Gasteiger partial charge in [-0.3, -0.25) is 19.1 Å². The second-order valence-electron chi connectivity index (χ2n) is 11.9. The quantitative estimate of drug-likeness (QED) is 0.501. The Morgan fingerprint density at radius 1 is 1.00 bits per heavy atom. The highest BCUT2D eigenvalue weighted by Gasteiger charge is 2.42. The van der Waals surface area contributed by atoms with E-state index in [0.29, 0.717) is 50.9 Å². The SMILES string of the molecule is CC(=O)NC(C(=O)N1CCC(n2ncc(C(=O)N3CCCC3c3ccccc3C(F)(F)F)c2C2CC2)CC1)C(C)C. The first kappa shape index (κ1) is 29.1. The van der Waals surface area contributed by atoms with E-state index in [1.54, 1.807) is 22.1 Å². The fourth-order valence-electron chi connectivity index (χ4n) is 6.38. The number of likely N-dealkylation sites (tertiary alicyclic amines) is 2. The molecule has 1 saturated carbocycles. The number of aromatic nitrogens is 2. The highest BCUT2D eigenvalue weighted by Crippen LogP contribution is 2.45. The molecule has 11 heteroatoms. The van der Waals surface area contributed by atoms with Gasteiger partial charge in [0.25, 0.3) is 5.91 Å². The normalized spacial score (nSPS) is 20.9. The summed E-state index contributed by atoms with van der Waals surface area (Å²) in [6.45, 7) is 6.65. The maximum absolute atomic E-state index is 13.9. The smallest absolute Gasteiger partial charge is 0.344 e. The molecule has 1 N–H and O–H groups in total. The Morgan fingerprint density at radius 2 is 1.68 bits per heavy atom. The fraction of sp³-hybridized carbons (Fsp3) is 0.600. The third kappa shape index (κ3) is 5.99. The topological polar surface area (TPSA) is 87.5 Å². The molecule has 1 aliphatic carbocycles. The van der Waals surface area contributed by atoms with Gasteiger partial charge in [-0.15, -0.1) is 0 Å². The first-order valence-corrected chi connectivity index (χ1v) is 14.6. The van der Waals surface area contributed by atoms with Gasteiger partial charge in [0.1, 0.15) is 6.04 Å². The predicted octanol–water partition coefficient (Wildman–Crippen LogP) is 5.08. The molecule has 222 valence electrons. The van der Waals surface area contributed by atoms with Gasteiger partial charge in [-0.25, -0.2) is 0 Å². The van der Waals surface area contributed by atoms with Crippen molar-refractivity contribution in [2.45, 2.75) is 89.5 Å². The van der Waals surface area contributed by atoms with Crippen LogP contribution in [0.1, 0.15) is 104 Å². The van der Waals surface area contributed by atoms with Crippen molar-refractivity contribution < 1.29 is 27.6 Å². The molecule has 0 bridgehead atoms. The molecular weight excluding hydrogens is 535 g/mol. The van der Waals surface area contributed by atoms with E-state index in [1.165, 1.54) is 19.1 Å². The Balaban J connectivity index is 1.34. The zero-order chi connectivity index (χ0) is 29.5. The van der Waals surface area contributed by atoms with E-state index < -0.39 is 23.8 Å². The summed E-state index contributed by atoms with van der Waals surface area (Å²) in [4.78, 5) is 42.1. The van der Waals surface area contributed by atoms with Crippen molar-refractivity contribution in [3.8, 4) is 0 Å². The van der Waals surface area contributed by atoms with Crippen LogP contribution in [0.4, 0.5) is 13.2 Å². The number of nitrogens with zero attached hydrogens (tertiary/aromatic N) is 4. The molecule has 2 aromatic rings. The molecule has 0 radical (unpaired) electrons. The van der Waals surface area contributed by atoms with Crippen molar-refractivity contribution >= 4 is 17.7 Å². The average Bonchev–Trinajstić information content (AvgIpc) is 3.48. The van der Waals surface area contributed by atoms with Gasteiger partial charge in [-0.2, -0.15) is 18.3 Å². The maximum atomic E-state index is 13.9. The Hall–Kier alpha value is -3.37. The van der Waals surface area contributed by atoms with Gasteiger partial charge in [0, 0.05) is 32.5 Å². The second kappa shape index (κ2) is 11.5. The Bertz CT molecular complexity index is 1290. The third-order valence-electron chi connectivity index (χ3n) is 8.58. The van der Waals surface area contributed by atoms with Crippen molar-refractivity contribution in [2.75, 3.05) is 19.6 Å². The Kier molecular flexibility index (Phi) is 8.16. The molecule has 0 spiro atoms. The predicted molar refractivity (Wildman–Crippen MR) is 146 cm³/mol. The molecule has 3 amide bonds. The molecule has 5 rings (SSSR count). The standard InChI is InChI=1S/C30H38F3N5O3/c1-18(2)26(35-19(3)39)29(41)36-15-12-21(13-16-36)38-27(20-10-11-20)23(17-34-38)28(40)37-14-6-9-25(37)22-7-4-5-8-24(22)30(31,32)33/h4-5,7-8,17-18,20-21,25-26H,6,9-16H2,1-3H3,(H,35,39). The maximum Gasteiger partial charge on any atom is 0.416 e. The van der Waals surface area contributed by atoms with Crippen LogP contribution in [0.25, 0.3) is 0 Å². The van der Waals surface area contributed by atoms with Gasteiger partial charge in [0.15, 0.2) is 0 Å². The van der Waals surface area contributed by atoms with Crippen LogP contribution < -0.4 is 5.32 Å². The largest absolute Gasteiger partial charge is 0.416 e. The second-order valence-corrected chi connectivity index (χ2v) is 11.9. The zero-order valence-corrected chi connectivity index (χ0v) is 23.8. The molecule has 1 aromatic carbocycles. The first-order valence-electron chi connectivity index (χ1n) is 14.6. The number of alkyl halides is 3. The van der Waals surface area contributed by atoms with Gasteiger partial charge in [-0.1, -0.05) is 32.0 Å². The number of halogens is 3. The Morgan fingerprint density at radius 3 is 2.29 bits per heavy atom. The van der Waals surface area contributed by atoms with Crippen LogP contribution in [0.5, 0.6) is 0 Å². The van der Waals surface area contributed by atoms with Crippen LogP contribution in [0.3, 0.4) is 0 Å². The summed E-state index contributed by atoms with van der Waals surface area (Å²) in [5, 5.41) is 7.42. The Labute approximate surface area is 238 Å². The van der Waals surface area contributed by atoms with E-state index in [1.807, 2.05) is 18.5 Å². The summed E-state index contributed by atoms with van der Waals surface area (Å²) < 4.78 is 43.3. The lowest BCUT2D eigenvalue weighted by Crippen LogP contribution is -2.52. The highest BCUT2D eigenvalue weighted by molar-refractivity contribution is 5.96. The van der Waals surface area contributed by atoms with Gasteiger partial charge in [0.05, 0.1) is 35.1 Å². The summed E-state index contributed by atoms with van der Waals surface area (Å²) in [5.41, 5.74) is 0.797. The number of amides is 3. The lowest BCUT2D eigenvalue weighted by molar-refractivity contribution is -0.139. The molecule has 41 heavy (non-hydrogen) atoms. The molecule has 3 aliphatic rings. The van der Waals surface area contributed by atoms with Crippen molar-refractivity contribution in [1.29, 1.82) is 0 Å². The molecule has 2 unspecified atom stereocenters. The van der Waals surface area contributed by atoms with E-state index in [9.17, 15) is 27.6 Å². The summed E-state index contributed by atoms with van der Waals surface area (Å²) in [6, 6.07) is 4.34. The van der Waals surface area contributed by atoms with Crippen LogP contribution >= 0.6 is 0 Å². The summed E-state index contributed by atoms with van der Waals surface area (Å²) >= 11 is 0. The number of benzene rings is 1. The minimum absolute atomic E-state index is 0.00907. The number of nitrogens with one attached hydrogen (secondary N) is 1. The number of rotatable bonds is 7. The van der Waals surface area contributed by atoms with Crippen molar-refractivity contribution in [2.24, 2.45) is 5.92 Å². The minimum Gasteiger partial charge on any atom is -0.344 e. The van der Waals surface area contributed by atoms with E-state index in [4.69, 9.17) is 0 Å².